The molecule has 10 rings (SSSR count). The molecule has 0 aromatic heterocycles. The molecular formula is C23H33NO3. The van der Waals surface area contributed by atoms with Crippen LogP contribution in [0.4, 0.5) is 0 Å². The number of hydrogen-bond acceptors (Lipinski definition) is 4. The highest BCUT2D eigenvalue weighted by Crippen LogP contribution is 2.86. The molecule has 0 aromatic carbocycles. The minimum Gasteiger partial charge on any atom is -0.388 e. The molecule has 10 aliphatic rings. The van der Waals surface area contributed by atoms with Gasteiger partial charge in [-0.05, 0) is 56.1 Å². The lowest BCUT2D eigenvalue weighted by Gasteiger charge is -2.75. The van der Waals surface area contributed by atoms with E-state index in [1.54, 1.807) is 0 Å². The van der Waals surface area contributed by atoms with Crippen molar-refractivity contribution in [1.29, 1.82) is 0 Å². The molecule has 4 saturated heterocycles. The van der Waals surface area contributed by atoms with Crippen LogP contribution in [0.1, 0.15) is 46.0 Å². The number of rotatable bonds is 2. The van der Waals surface area contributed by atoms with Crippen LogP contribution in [0, 0.1) is 39.9 Å². The van der Waals surface area contributed by atoms with Crippen LogP contribution in [0.15, 0.2) is 12.2 Å². The molecule has 27 heavy (non-hydrogen) atoms. The second kappa shape index (κ2) is 4.50. The molecule has 9 bridgehead atoms. The zero-order chi connectivity index (χ0) is 18.5. The van der Waals surface area contributed by atoms with Gasteiger partial charge in [-0.2, -0.15) is 0 Å². The third-order valence-electron chi connectivity index (χ3n) is 11.2. The van der Waals surface area contributed by atoms with Crippen LogP contribution >= 0.6 is 0 Å². The second-order valence-electron chi connectivity index (χ2n) is 11.1. The molecular weight excluding hydrogens is 338 g/mol. The molecule has 10 fully saturated rings. The Labute approximate surface area is 162 Å². The maximum atomic E-state index is 11.6. The Bertz CT molecular complexity index is 754. The van der Waals surface area contributed by atoms with E-state index in [1.807, 2.05) is 7.11 Å². The van der Waals surface area contributed by atoms with Crippen LogP contribution in [-0.2, 0) is 9.47 Å². The highest BCUT2D eigenvalue weighted by Gasteiger charge is 2.89. The van der Waals surface area contributed by atoms with E-state index in [2.05, 4.69) is 25.3 Å². The van der Waals surface area contributed by atoms with Crippen LogP contribution in [0.25, 0.3) is 0 Å². The number of piperidine rings is 1. The highest BCUT2D eigenvalue weighted by atomic mass is 16.5. The summed E-state index contributed by atoms with van der Waals surface area (Å²) in [6.07, 6.45) is 6.63. The quantitative estimate of drug-likeness (QED) is 0.758. The number of nitrogens with zero attached hydrogens (tertiary/aromatic N) is 1. The number of aliphatic hydroxyl groups excluding tert-OH is 1. The van der Waals surface area contributed by atoms with E-state index in [0.717, 1.165) is 30.9 Å². The van der Waals surface area contributed by atoms with E-state index in [9.17, 15) is 5.11 Å². The Balaban J connectivity index is 1.52. The first-order valence-electron chi connectivity index (χ1n) is 11.3. The van der Waals surface area contributed by atoms with Gasteiger partial charge < -0.3 is 14.6 Å². The zero-order valence-electron chi connectivity index (χ0n) is 16.9. The number of fused-ring (bicyclic) bond motifs is 3. The summed E-state index contributed by atoms with van der Waals surface area (Å²) >= 11 is 0. The molecule has 4 heteroatoms. The molecule has 6 saturated carbocycles. The second-order valence-corrected chi connectivity index (χ2v) is 11.1. The van der Waals surface area contributed by atoms with Crippen molar-refractivity contribution in [3.05, 3.63) is 12.2 Å². The summed E-state index contributed by atoms with van der Waals surface area (Å²) in [5, 5.41) is 11.6. The minimum absolute atomic E-state index is 0.0276. The molecule has 4 aliphatic heterocycles. The van der Waals surface area contributed by atoms with Crippen LogP contribution in [0.5, 0.6) is 0 Å². The van der Waals surface area contributed by atoms with Crippen molar-refractivity contribution < 1.29 is 14.6 Å². The van der Waals surface area contributed by atoms with Gasteiger partial charge in [0.25, 0.3) is 0 Å². The zero-order valence-corrected chi connectivity index (χ0v) is 16.9. The monoisotopic (exact) mass is 371 g/mol. The fourth-order valence-corrected chi connectivity index (χ4v) is 10.8. The number of ether oxygens (including phenoxy) is 2. The third kappa shape index (κ3) is 1.28. The standard InChI is InChI=1S/C23H33NO3/c1-5-24-18-13-10-14-21(3)8-7-15(27-20(21)24)23(14,18)17-16(26-4)12-6-9-22(13,17)19(25)11(12)2/h12-20,25H,2,5-10H2,1,3-4H3. The van der Waals surface area contributed by atoms with Crippen molar-refractivity contribution in [3.8, 4) is 0 Å². The van der Waals surface area contributed by atoms with Crippen LogP contribution in [-0.4, -0.2) is 54.2 Å². The summed E-state index contributed by atoms with van der Waals surface area (Å²) in [6.45, 7) is 10.3. The molecule has 1 N–H and O–H groups in total. The summed E-state index contributed by atoms with van der Waals surface area (Å²) in [5.74, 6) is 2.08. The summed E-state index contributed by atoms with van der Waals surface area (Å²) in [7, 11) is 1.90. The van der Waals surface area contributed by atoms with Crippen molar-refractivity contribution in [2.45, 2.75) is 76.5 Å². The van der Waals surface area contributed by atoms with Crippen molar-refractivity contribution in [3.63, 3.8) is 0 Å². The van der Waals surface area contributed by atoms with Gasteiger partial charge in [-0.1, -0.05) is 20.4 Å². The SMILES string of the molecule is C=C1C2CCC3(C1O)C1CC4C5(C)CCC6OC5N(CC)C1C64C3C2OC. The number of aliphatic hydroxyl groups is 1. The van der Waals surface area contributed by atoms with Gasteiger partial charge in [0, 0.05) is 41.2 Å². The summed E-state index contributed by atoms with van der Waals surface area (Å²) in [6, 6.07) is 0.576. The normalized spacial score (nSPS) is 67.4. The number of methoxy groups -OCH3 is 1. The predicted molar refractivity (Wildman–Crippen MR) is 101 cm³/mol. The topological polar surface area (TPSA) is 41.9 Å². The first-order valence-corrected chi connectivity index (χ1v) is 11.3. The van der Waals surface area contributed by atoms with Gasteiger partial charge in [-0.25, -0.2) is 0 Å². The summed E-state index contributed by atoms with van der Waals surface area (Å²) in [4.78, 5) is 2.73. The van der Waals surface area contributed by atoms with Gasteiger partial charge in [0.1, 0.15) is 6.23 Å². The highest BCUT2D eigenvalue weighted by molar-refractivity contribution is 5.41. The molecule has 0 amide bonds. The first-order chi connectivity index (χ1) is 13.0. The average molecular weight is 372 g/mol. The lowest BCUT2D eigenvalue weighted by molar-refractivity contribution is -0.381. The van der Waals surface area contributed by atoms with Crippen LogP contribution in [0.2, 0.25) is 0 Å². The van der Waals surface area contributed by atoms with Crippen LogP contribution in [0.3, 0.4) is 0 Å². The van der Waals surface area contributed by atoms with Gasteiger partial charge in [-0.15, -0.1) is 0 Å². The largest absolute Gasteiger partial charge is 0.388 e. The maximum absolute atomic E-state index is 11.6. The smallest absolute Gasteiger partial charge is 0.116 e. The van der Waals surface area contributed by atoms with Gasteiger partial charge >= 0.3 is 0 Å². The maximum Gasteiger partial charge on any atom is 0.116 e. The molecule has 0 aromatic rings. The molecule has 12 atom stereocenters. The molecule has 2 spiro atoms. The van der Waals surface area contributed by atoms with Gasteiger partial charge in [0.05, 0.1) is 18.3 Å². The molecule has 6 aliphatic carbocycles. The van der Waals surface area contributed by atoms with Crippen molar-refractivity contribution >= 4 is 0 Å². The van der Waals surface area contributed by atoms with E-state index >= 15 is 0 Å². The fraction of sp³-hybridized carbons (Fsp3) is 0.913. The van der Waals surface area contributed by atoms with Crippen molar-refractivity contribution in [2.75, 3.05) is 13.7 Å². The molecule has 4 nitrogen and oxygen atoms in total. The fourth-order valence-electron chi connectivity index (χ4n) is 10.8. The Morgan fingerprint density at radius 1 is 1.33 bits per heavy atom. The van der Waals surface area contributed by atoms with E-state index in [4.69, 9.17) is 9.47 Å². The van der Waals surface area contributed by atoms with Crippen molar-refractivity contribution in [2.24, 2.45) is 39.9 Å². The molecule has 4 heterocycles. The third-order valence-corrected chi connectivity index (χ3v) is 11.2. The lowest BCUT2D eigenvalue weighted by atomic mass is 9.37. The molecule has 0 radical (unpaired) electrons. The summed E-state index contributed by atoms with van der Waals surface area (Å²) < 4.78 is 13.1. The summed E-state index contributed by atoms with van der Waals surface area (Å²) in [5.41, 5.74) is 1.50. The van der Waals surface area contributed by atoms with Gasteiger partial charge in [-0.3, -0.25) is 4.90 Å². The molecule has 12 unspecified atom stereocenters. The number of hydrogen-bond donors (Lipinski definition) is 1. The first kappa shape index (κ1) is 16.4. The van der Waals surface area contributed by atoms with E-state index < -0.39 is 0 Å². The lowest BCUT2D eigenvalue weighted by Crippen LogP contribution is -2.80. The van der Waals surface area contributed by atoms with Gasteiger partial charge in [0.2, 0.25) is 0 Å². The predicted octanol–water partition coefficient (Wildman–Crippen LogP) is 2.81. The van der Waals surface area contributed by atoms with E-state index in [1.165, 1.54) is 19.3 Å². The Hall–Kier alpha value is -0.420. The minimum atomic E-state index is -0.345. The van der Waals surface area contributed by atoms with Crippen molar-refractivity contribution in [1.82, 2.24) is 4.90 Å². The van der Waals surface area contributed by atoms with Crippen LogP contribution < -0.4 is 0 Å². The Kier molecular flexibility index (Phi) is 2.73. The van der Waals surface area contributed by atoms with Gasteiger partial charge in [0.15, 0.2) is 0 Å². The Morgan fingerprint density at radius 2 is 2.15 bits per heavy atom. The Morgan fingerprint density at radius 3 is 2.89 bits per heavy atom. The van der Waals surface area contributed by atoms with E-state index in [-0.39, 0.29) is 28.5 Å². The average Bonchev–Trinajstić information content (AvgIpc) is 3.14. The molecule has 148 valence electrons. The van der Waals surface area contributed by atoms with E-state index in [0.29, 0.717) is 36.1 Å².